The van der Waals surface area contributed by atoms with Crippen molar-refractivity contribution in [2.24, 2.45) is 0 Å². The Hall–Kier alpha value is -0.940. The lowest BCUT2D eigenvalue weighted by atomic mass is 10.3. The van der Waals surface area contributed by atoms with Crippen LogP contribution >= 0.6 is 23.1 Å². The van der Waals surface area contributed by atoms with E-state index in [0.29, 0.717) is 10.9 Å². The molecular weight excluding hydrogens is 220 g/mol. The third kappa shape index (κ3) is 1.65. The number of hydrogen-bond acceptors (Lipinski definition) is 4. The number of aryl methyl sites for hydroxylation is 1. The van der Waals surface area contributed by atoms with Crippen molar-refractivity contribution in [2.75, 3.05) is 0 Å². The Balaban J connectivity index is 2.27. The first-order valence-corrected chi connectivity index (χ1v) is 5.28. The number of halogens is 1. The fraction of sp³-hybridized carbons (Fsp3) is 0.375. The predicted molar refractivity (Wildman–Crippen MR) is 55.7 cm³/mol. The molecule has 6 heteroatoms. The molecule has 0 aliphatic heterocycles. The normalized spacial score (nSPS) is 10.8. The quantitative estimate of drug-likeness (QED) is 0.790. The molecule has 2 rings (SSSR count). The lowest BCUT2D eigenvalue weighted by molar-refractivity contribution is 0.744. The summed E-state index contributed by atoms with van der Waals surface area (Å²) in [7, 11) is 0. The van der Waals surface area contributed by atoms with Gasteiger partial charge in [-0.1, -0.05) is 16.1 Å². The van der Waals surface area contributed by atoms with E-state index in [2.05, 4.69) is 14.6 Å². The Kier molecular flexibility index (Phi) is 2.52. The van der Waals surface area contributed by atoms with Crippen LogP contribution in [0.1, 0.15) is 17.1 Å². The minimum atomic E-state index is 0.641. The van der Waals surface area contributed by atoms with Crippen LogP contribution in [0.5, 0.6) is 0 Å². The van der Waals surface area contributed by atoms with Gasteiger partial charge in [-0.3, -0.25) is 0 Å². The first-order chi connectivity index (χ1) is 6.68. The molecule has 0 unspecified atom stereocenters. The van der Waals surface area contributed by atoms with Gasteiger partial charge in [0.1, 0.15) is 10.0 Å². The molecule has 0 spiro atoms. The number of imidazole rings is 1. The molecule has 0 bridgehead atoms. The van der Waals surface area contributed by atoms with Crippen LogP contribution in [0.2, 0.25) is 4.34 Å². The fourth-order valence-corrected chi connectivity index (χ4v) is 1.77. The standard InChI is InChI=1S/C8H9ClN4S/c1-5-6(2)13(4-10-5)3-7-8(9)14-12-11-7/h4H,3H2,1-2H3. The highest BCUT2D eigenvalue weighted by molar-refractivity contribution is 7.10. The van der Waals surface area contributed by atoms with Crippen molar-refractivity contribution >= 4 is 23.1 Å². The van der Waals surface area contributed by atoms with Gasteiger partial charge in [-0.25, -0.2) is 4.98 Å². The van der Waals surface area contributed by atoms with Crippen molar-refractivity contribution in [3.8, 4) is 0 Å². The van der Waals surface area contributed by atoms with E-state index in [1.165, 1.54) is 11.5 Å². The van der Waals surface area contributed by atoms with Gasteiger partial charge >= 0.3 is 0 Å². The summed E-state index contributed by atoms with van der Waals surface area (Å²) >= 11 is 7.12. The second kappa shape index (κ2) is 3.67. The number of hydrogen-bond donors (Lipinski definition) is 0. The molecule has 2 heterocycles. The van der Waals surface area contributed by atoms with Crippen LogP contribution in [-0.2, 0) is 6.54 Å². The maximum absolute atomic E-state index is 5.91. The van der Waals surface area contributed by atoms with E-state index in [9.17, 15) is 0 Å². The van der Waals surface area contributed by atoms with Gasteiger partial charge in [0.05, 0.1) is 18.6 Å². The predicted octanol–water partition coefficient (Wildman–Crippen LogP) is 2.05. The molecule has 0 saturated heterocycles. The fourth-order valence-electron chi connectivity index (χ4n) is 1.16. The smallest absolute Gasteiger partial charge is 0.139 e. The third-order valence-corrected chi connectivity index (χ3v) is 3.16. The Morgan fingerprint density at radius 3 is 2.79 bits per heavy atom. The van der Waals surface area contributed by atoms with E-state index >= 15 is 0 Å². The van der Waals surface area contributed by atoms with Crippen molar-refractivity contribution < 1.29 is 0 Å². The largest absolute Gasteiger partial charge is 0.328 e. The Morgan fingerprint density at radius 2 is 2.29 bits per heavy atom. The van der Waals surface area contributed by atoms with E-state index in [1.807, 2.05) is 18.4 Å². The molecule has 0 radical (unpaired) electrons. The van der Waals surface area contributed by atoms with Crippen LogP contribution in [0.25, 0.3) is 0 Å². The van der Waals surface area contributed by atoms with Gasteiger partial charge in [0.15, 0.2) is 0 Å². The molecule has 2 aromatic rings. The van der Waals surface area contributed by atoms with Gasteiger partial charge in [0.25, 0.3) is 0 Å². The maximum Gasteiger partial charge on any atom is 0.139 e. The summed E-state index contributed by atoms with van der Waals surface area (Å²) in [6.45, 7) is 4.64. The maximum atomic E-state index is 5.91. The van der Waals surface area contributed by atoms with Crippen molar-refractivity contribution in [2.45, 2.75) is 20.4 Å². The minimum Gasteiger partial charge on any atom is -0.328 e. The minimum absolute atomic E-state index is 0.641. The second-order valence-electron chi connectivity index (χ2n) is 3.04. The highest BCUT2D eigenvalue weighted by Crippen LogP contribution is 2.19. The Morgan fingerprint density at radius 1 is 1.50 bits per heavy atom. The average Bonchev–Trinajstić information content (AvgIpc) is 2.68. The summed E-state index contributed by atoms with van der Waals surface area (Å²) in [6, 6.07) is 0. The first kappa shape index (κ1) is 9.61. The van der Waals surface area contributed by atoms with Crippen LogP contribution in [0.15, 0.2) is 6.33 Å². The van der Waals surface area contributed by atoms with E-state index in [-0.39, 0.29) is 0 Å². The lowest BCUT2D eigenvalue weighted by Crippen LogP contribution is -2.01. The molecule has 14 heavy (non-hydrogen) atoms. The summed E-state index contributed by atoms with van der Waals surface area (Å²) in [4.78, 5) is 4.20. The average molecular weight is 229 g/mol. The summed E-state index contributed by atoms with van der Waals surface area (Å²) in [6.07, 6.45) is 1.79. The van der Waals surface area contributed by atoms with E-state index < -0.39 is 0 Å². The van der Waals surface area contributed by atoms with Crippen molar-refractivity contribution in [1.29, 1.82) is 0 Å². The topological polar surface area (TPSA) is 43.6 Å². The molecule has 74 valence electrons. The van der Waals surface area contributed by atoms with Crippen LogP contribution in [0.4, 0.5) is 0 Å². The molecule has 2 aromatic heterocycles. The summed E-state index contributed by atoms with van der Waals surface area (Å²) in [5, 5.41) is 3.95. The zero-order valence-electron chi connectivity index (χ0n) is 7.86. The number of aromatic nitrogens is 4. The molecule has 0 fully saturated rings. The SMILES string of the molecule is Cc1ncn(Cc2nnsc2Cl)c1C. The monoisotopic (exact) mass is 228 g/mol. The summed E-state index contributed by atoms with van der Waals surface area (Å²) in [5.74, 6) is 0. The Bertz CT molecular complexity index is 448. The molecule has 0 N–H and O–H groups in total. The summed E-state index contributed by atoms with van der Waals surface area (Å²) < 4.78 is 6.44. The van der Waals surface area contributed by atoms with E-state index in [1.54, 1.807) is 6.33 Å². The van der Waals surface area contributed by atoms with Gasteiger partial charge in [0.2, 0.25) is 0 Å². The van der Waals surface area contributed by atoms with Gasteiger partial charge in [-0.2, -0.15) is 0 Å². The third-order valence-electron chi connectivity index (χ3n) is 2.17. The molecule has 0 saturated carbocycles. The molecule has 0 aliphatic carbocycles. The van der Waals surface area contributed by atoms with Crippen LogP contribution in [0.3, 0.4) is 0 Å². The molecule has 4 nitrogen and oxygen atoms in total. The number of rotatable bonds is 2. The zero-order valence-corrected chi connectivity index (χ0v) is 9.43. The highest BCUT2D eigenvalue weighted by Gasteiger charge is 2.08. The highest BCUT2D eigenvalue weighted by atomic mass is 35.5. The van der Waals surface area contributed by atoms with Crippen LogP contribution in [0, 0.1) is 13.8 Å². The van der Waals surface area contributed by atoms with Crippen molar-refractivity contribution in [1.82, 2.24) is 19.1 Å². The lowest BCUT2D eigenvalue weighted by Gasteiger charge is -2.01. The molecule has 0 aromatic carbocycles. The van der Waals surface area contributed by atoms with Gasteiger partial charge in [-0.15, -0.1) is 5.10 Å². The van der Waals surface area contributed by atoms with Crippen LogP contribution in [-0.4, -0.2) is 19.1 Å². The number of nitrogens with zero attached hydrogens (tertiary/aromatic N) is 4. The second-order valence-corrected chi connectivity index (χ2v) is 4.39. The van der Waals surface area contributed by atoms with Crippen molar-refractivity contribution in [3.05, 3.63) is 27.7 Å². The van der Waals surface area contributed by atoms with E-state index in [0.717, 1.165) is 17.1 Å². The molecular formula is C8H9ClN4S. The van der Waals surface area contributed by atoms with Gasteiger partial charge in [-0.05, 0) is 13.8 Å². The molecule has 0 aliphatic rings. The van der Waals surface area contributed by atoms with Gasteiger partial charge < -0.3 is 4.57 Å². The summed E-state index contributed by atoms with van der Waals surface area (Å²) in [5.41, 5.74) is 2.97. The first-order valence-electron chi connectivity index (χ1n) is 4.13. The Labute approximate surface area is 90.7 Å². The van der Waals surface area contributed by atoms with E-state index in [4.69, 9.17) is 11.6 Å². The molecule has 0 amide bonds. The van der Waals surface area contributed by atoms with Crippen molar-refractivity contribution in [3.63, 3.8) is 0 Å². The van der Waals surface area contributed by atoms with Gasteiger partial charge in [0, 0.05) is 17.2 Å². The zero-order chi connectivity index (χ0) is 10.1. The van der Waals surface area contributed by atoms with Crippen LogP contribution < -0.4 is 0 Å². The molecule has 0 atom stereocenters.